The molecule has 1 heterocycles. The molecule has 0 aromatic carbocycles. The highest BCUT2D eigenvalue weighted by Crippen LogP contribution is 2.39. The molecule has 2 aliphatic rings. The second-order valence-corrected chi connectivity index (χ2v) is 2.72. The van der Waals surface area contributed by atoms with Crippen LogP contribution >= 0.6 is 0 Å². The van der Waals surface area contributed by atoms with Crippen LogP contribution in [-0.4, -0.2) is 18.8 Å². The molecular formula is C6H11NO. The Morgan fingerprint density at radius 1 is 1.50 bits per heavy atom. The van der Waals surface area contributed by atoms with Crippen LogP contribution < -0.4 is 5.73 Å². The number of fused-ring (bicyclic) bond motifs is 1. The van der Waals surface area contributed by atoms with Crippen LogP contribution in [0.4, 0.5) is 0 Å². The lowest BCUT2D eigenvalue weighted by Crippen LogP contribution is -2.08. The van der Waals surface area contributed by atoms with Gasteiger partial charge in [-0.2, -0.15) is 0 Å². The highest BCUT2D eigenvalue weighted by Gasteiger charge is 2.49. The van der Waals surface area contributed by atoms with Crippen LogP contribution in [0, 0.1) is 5.92 Å². The molecule has 2 nitrogen and oxygen atoms in total. The zero-order valence-corrected chi connectivity index (χ0v) is 4.84. The van der Waals surface area contributed by atoms with Crippen LogP contribution in [0.15, 0.2) is 0 Å². The number of hydrogen-bond acceptors (Lipinski definition) is 2. The summed E-state index contributed by atoms with van der Waals surface area (Å²) in [5.74, 6) is 0.726. The summed E-state index contributed by atoms with van der Waals surface area (Å²) in [6.07, 6.45) is 2.96. The standard InChI is InChI=1S/C6H11NO/c7-5-4-2-1-3-8-6(4)5/h4-6H,1-3,7H2/t4-,5-,6+/m1/s1. The molecule has 0 aromatic rings. The molecule has 0 amide bonds. The fraction of sp³-hybridized carbons (Fsp3) is 1.00. The lowest BCUT2D eigenvalue weighted by Gasteiger charge is -2.06. The first kappa shape index (κ1) is 4.77. The van der Waals surface area contributed by atoms with Crippen molar-refractivity contribution in [2.24, 2.45) is 11.7 Å². The van der Waals surface area contributed by atoms with Gasteiger partial charge in [-0.3, -0.25) is 0 Å². The van der Waals surface area contributed by atoms with E-state index in [-0.39, 0.29) is 0 Å². The summed E-state index contributed by atoms with van der Waals surface area (Å²) < 4.78 is 5.34. The largest absolute Gasteiger partial charge is 0.376 e. The van der Waals surface area contributed by atoms with Gasteiger partial charge in [-0.25, -0.2) is 0 Å². The first-order valence-electron chi connectivity index (χ1n) is 3.27. The van der Waals surface area contributed by atoms with Crippen molar-refractivity contribution < 1.29 is 4.74 Å². The average Bonchev–Trinajstić information content (AvgIpc) is 2.46. The zero-order valence-electron chi connectivity index (χ0n) is 4.84. The van der Waals surface area contributed by atoms with E-state index in [0.717, 1.165) is 12.5 Å². The van der Waals surface area contributed by atoms with E-state index in [1.165, 1.54) is 12.8 Å². The highest BCUT2D eigenvalue weighted by molar-refractivity contribution is 5.04. The predicted molar refractivity (Wildman–Crippen MR) is 30.4 cm³/mol. The first-order valence-corrected chi connectivity index (χ1v) is 3.27. The fourth-order valence-corrected chi connectivity index (χ4v) is 1.50. The average molecular weight is 113 g/mol. The van der Waals surface area contributed by atoms with Crippen LogP contribution in [0.25, 0.3) is 0 Å². The summed E-state index contributed by atoms with van der Waals surface area (Å²) in [6, 6.07) is 0.387. The molecule has 0 bridgehead atoms. The van der Waals surface area contributed by atoms with Gasteiger partial charge < -0.3 is 10.5 Å². The maximum absolute atomic E-state index is 5.65. The normalized spacial score (nSPS) is 52.9. The van der Waals surface area contributed by atoms with Crippen molar-refractivity contribution >= 4 is 0 Å². The van der Waals surface area contributed by atoms with E-state index >= 15 is 0 Å². The second kappa shape index (κ2) is 1.45. The summed E-state index contributed by atoms with van der Waals surface area (Å²) >= 11 is 0. The van der Waals surface area contributed by atoms with Crippen molar-refractivity contribution in [1.29, 1.82) is 0 Å². The van der Waals surface area contributed by atoms with Gasteiger partial charge in [0, 0.05) is 18.6 Å². The minimum absolute atomic E-state index is 0.387. The maximum Gasteiger partial charge on any atom is 0.0773 e. The Morgan fingerprint density at radius 2 is 2.38 bits per heavy atom. The monoisotopic (exact) mass is 113 g/mol. The van der Waals surface area contributed by atoms with Gasteiger partial charge in [-0.05, 0) is 12.8 Å². The quantitative estimate of drug-likeness (QED) is 0.484. The van der Waals surface area contributed by atoms with Gasteiger partial charge in [0.15, 0.2) is 0 Å². The lowest BCUT2D eigenvalue weighted by atomic mass is 10.2. The summed E-state index contributed by atoms with van der Waals surface area (Å²) in [7, 11) is 0. The third kappa shape index (κ3) is 0.501. The van der Waals surface area contributed by atoms with E-state index in [1.54, 1.807) is 0 Å². The van der Waals surface area contributed by atoms with Gasteiger partial charge in [0.1, 0.15) is 0 Å². The van der Waals surface area contributed by atoms with Crippen molar-refractivity contribution in [1.82, 2.24) is 0 Å². The summed E-state index contributed by atoms with van der Waals surface area (Å²) in [5.41, 5.74) is 5.65. The number of ether oxygens (including phenoxy) is 1. The molecule has 0 unspecified atom stereocenters. The molecule has 2 fully saturated rings. The molecule has 0 spiro atoms. The first-order chi connectivity index (χ1) is 3.89. The number of nitrogens with two attached hydrogens (primary N) is 1. The molecule has 8 heavy (non-hydrogen) atoms. The van der Waals surface area contributed by atoms with E-state index in [4.69, 9.17) is 10.5 Å². The Hall–Kier alpha value is -0.0800. The predicted octanol–water partition coefficient (Wildman–Crippen LogP) is 0.122. The van der Waals surface area contributed by atoms with Crippen molar-refractivity contribution in [2.75, 3.05) is 6.61 Å². The van der Waals surface area contributed by atoms with Gasteiger partial charge in [0.2, 0.25) is 0 Å². The van der Waals surface area contributed by atoms with E-state index in [2.05, 4.69) is 0 Å². The molecule has 2 N–H and O–H groups in total. The van der Waals surface area contributed by atoms with E-state index in [1.807, 2.05) is 0 Å². The van der Waals surface area contributed by atoms with Crippen molar-refractivity contribution in [3.8, 4) is 0 Å². The van der Waals surface area contributed by atoms with E-state index in [9.17, 15) is 0 Å². The van der Waals surface area contributed by atoms with Crippen LogP contribution in [0.3, 0.4) is 0 Å². The van der Waals surface area contributed by atoms with Gasteiger partial charge in [-0.1, -0.05) is 0 Å². The maximum atomic E-state index is 5.65. The van der Waals surface area contributed by atoms with Crippen LogP contribution in [-0.2, 0) is 4.74 Å². The molecule has 1 saturated heterocycles. The molecule has 2 heteroatoms. The van der Waals surface area contributed by atoms with Crippen LogP contribution in [0.5, 0.6) is 0 Å². The van der Waals surface area contributed by atoms with E-state index < -0.39 is 0 Å². The van der Waals surface area contributed by atoms with E-state index in [0.29, 0.717) is 12.1 Å². The molecule has 1 aliphatic heterocycles. The lowest BCUT2D eigenvalue weighted by molar-refractivity contribution is 0.0783. The van der Waals surface area contributed by atoms with Crippen molar-refractivity contribution in [2.45, 2.75) is 25.0 Å². The molecule has 1 aliphatic carbocycles. The number of rotatable bonds is 0. The Bertz CT molecular complexity index is 92.7. The molecule has 0 radical (unpaired) electrons. The molecule has 1 saturated carbocycles. The van der Waals surface area contributed by atoms with Crippen molar-refractivity contribution in [3.05, 3.63) is 0 Å². The number of hydrogen-bond donors (Lipinski definition) is 1. The molecule has 0 aromatic heterocycles. The smallest absolute Gasteiger partial charge is 0.0773 e. The van der Waals surface area contributed by atoms with Crippen LogP contribution in [0.1, 0.15) is 12.8 Å². The van der Waals surface area contributed by atoms with Gasteiger partial charge in [-0.15, -0.1) is 0 Å². The molecular weight excluding hydrogens is 102 g/mol. The zero-order chi connectivity index (χ0) is 5.56. The fourth-order valence-electron chi connectivity index (χ4n) is 1.50. The Balaban J connectivity index is 1.97. The summed E-state index contributed by atoms with van der Waals surface area (Å²) in [6.45, 7) is 0.939. The van der Waals surface area contributed by atoms with Gasteiger partial charge in [0.05, 0.1) is 6.10 Å². The Morgan fingerprint density at radius 3 is 2.88 bits per heavy atom. The van der Waals surface area contributed by atoms with Crippen molar-refractivity contribution in [3.63, 3.8) is 0 Å². The SMILES string of the molecule is N[C@@H]1[C@H]2CCCO[C@H]12. The summed E-state index contributed by atoms with van der Waals surface area (Å²) in [4.78, 5) is 0. The van der Waals surface area contributed by atoms with Gasteiger partial charge >= 0.3 is 0 Å². The molecule has 46 valence electrons. The minimum Gasteiger partial charge on any atom is -0.376 e. The third-order valence-electron chi connectivity index (χ3n) is 2.15. The van der Waals surface area contributed by atoms with Gasteiger partial charge in [0.25, 0.3) is 0 Å². The Kier molecular flexibility index (Phi) is 0.866. The molecule has 2 rings (SSSR count). The third-order valence-corrected chi connectivity index (χ3v) is 2.15. The minimum atomic E-state index is 0.387. The summed E-state index contributed by atoms with van der Waals surface area (Å²) in [5, 5.41) is 0. The second-order valence-electron chi connectivity index (χ2n) is 2.72. The highest BCUT2D eigenvalue weighted by atomic mass is 16.5. The molecule has 3 atom stereocenters. The topological polar surface area (TPSA) is 35.2 Å². The Labute approximate surface area is 49.0 Å². The van der Waals surface area contributed by atoms with Crippen LogP contribution in [0.2, 0.25) is 0 Å².